The zero-order valence-corrected chi connectivity index (χ0v) is 16.2. The first-order valence-electron chi connectivity index (χ1n) is 8.47. The number of Topliss-reactive ketones (excluding diaryl/α,β-unsaturated/α-hetero) is 1. The van der Waals surface area contributed by atoms with Gasteiger partial charge in [-0.15, -0.1) is 0 Å². The van der Waals surface area contributed by atoms with Crippen molar-refractivity contribution in [1.82, 2.24) is 0 Å². The first kappa shape index (κ1) is 19.9. The van der Waals surface area contributed by atoms with E-state index >= 15 is 0 Å². The van der Waals surface area contributed by atoms with Gasteiger partial charge in [-0.1, -0.05) is 41.4 Å². The average molecular weight is 415 g/mol. The lowest BCUT2D eigenvalue weighted by molar-refractivity contribution is -0.384. The van der Waals surface area contributed by atoms with Gasteiger partial charge in [0.05, 0.1) is 11.0 Å². The summed E-state index contributed by atoms with van der Waals surface area (Å²) in [7, 11) is 0. The lowest BCUT2D eigenvalue weighted by Crippen LogP contribution is -2.16. The highest BCUT2D eigenvalue weighted by Crippen LogP contribution is 2.27. The number of ketones is 1. The van der Waals surface area contributed by atoms with Gasteiger partial charge in [0.1, 0.15) is 0 Å². The van der Waals surface area contributed by atoms with Crippen molar-refractivity contribution in [2.75, 3.05) is 5.32 Å². The number of hydrogen-bond acceptors (Lipinski definition) is 4. The molecule has 0 saturated heterocycles. The molecule has 5 nitrogen and oxygen atoms in total. The molecule has 0 aliphatic rings. The zero-order valence-electron chi connectivity index (χ0n) is 14.6. The first-order valence-corrected chi connectivity index (χ1v) is 9.23. The van der Waals surface area contributed by atoms with E-state index in [0.717, 1.165) is 5.56 Å². The van der Waals surface area contributed by atoms with Crippen molar-refractivity contribution in [3.05, 3.63) is 104 Å². The van der Waals surface area contributed by atoms with E-state index in [2.05, 4.69) is 5.32 Å². The molecule has 0 aromatic heterocycles. The quantitative estimate of drug-likeness (QED) is 0.278. The summed E-state index contributed by atoms with van der Waals surface area (Å²) in [5, 5.41) is 15.4. The van der Waals surface area contributed by atoms with Crippen LogP contribution in [0.5, 0.6) is 0 Å². The number of benzene rings is 3. The summed E-state index contributed by atoms with van der Waals surface area (Å²) in [5.74, 6) is -0.0745. The molecule has 3 rings (SSSR count). The van der Waals surface area contributed by atoms with Crippen molar-refractivity contribution >= 4 is 40.4 Å². The van der Waals surface area contributed by atoms with Gasteiger partial charge in [-0.3, -0.25) is 14.9 Å². The van der Waals surface area contributed by atoms with Crippen LogP contribution in [0, 0.1) is 10.1 Å². The number of nitro benzene ring substituents is 1. The van der Waals surface area contributed by atoms with Crippen LogP contribution in [0.1, 0.15) is 28.4 Å². The molecule has 0 aliphatic carbocycles. The predicted molar refractivity (Wildman–Crippen MR) is 111 cm³/mol. The average Bonchev–Trinajstić information content (AvgIpc) is 2.68. The summed E-state index contributed by atoms with van der Waals surface area (Å²) in [6, 6.07) is 19.6. The van der Waals surface area contributed by atoms with Gasteiger partial charge < -0.3 is 5.32 Å². The molecule has 1 atom stereocenters. The van der Waals surface area contributed by atoms with E-state index in [1.165, 1.54) is 12.1 Å². The Kier molecular flexibility index (Phi) is 6.29. The van der Waals surface area contributed by atoms with E-state index in [0.29, 0.717) is 21.3 Å². The minimum atomic E-state index is -0.457. The topological polar surface area (TPSA) is 72.2 Å². The maximum Gasteiger partial charge on any atom is 0.271 e. The summed E-state index contributed by atoms with van der Waals surface area (Å²) >= 11 is 11.9. The summed E-state index contributed by atoms with van der Waals surface area (Å²) in [6.07, 6.45) is 0.159. The van der Waals surface area contributed by atoms with Crippen molar-refractivity contribution in [2.45, 2.75) is 12.5 Å². The number of carbonyl (C=O) groups excluding carboxylic acids is 1. The largest absolute Gasteiger partial charge is 0.378 e. The Morgan fingerprint density at radius 1 is 0.964 bits per heavy atom. The number of halogens is 2. The maximum absolute atomic E-state index is 12.8. The van der Waals surface area contributed by atoms with Crippen LogP contribution < -0.4 is 5.32 Å². The van der Waals surface area contributed by atoms with Crippen LogP contribution in [0.15, 0.2) is 72.8 Å². The minimum absolute atomic E-state index is 0.0242. The van der Waals surface area contributed by atoms with Crippen LogP contribution in [0.4, 0.5) is 11.4 Å². The second-order valence-corrected chi connectivity index (χ2v) is 7.06. The van der Waals surface area contributed by atoms with E-state index in [9.17, 15) is 14.9 Å². The summed E-state index contributed by atoms with van der Waals surface area (Å²) < 4.78 is 0. The molecule has 3 aromatic rings. The Bertz CT molecular complexity index is 989. The van der Waals surface area contributed by atoms with E-state index in [1.54, 1.807) is 48.5 Å². The molecule has 0 spiro atoms. The Morgan fingerprint density at radius 3 is 2.18 bits per heavy atom. The zero-order chi connectivity index (χ0) is 20.1. The molecule has 0 fully saturated rings. The Labute approximate surface area is 172 Å². The van der Waals surface area contributed by atoms with Gasteiger partial charge in [-0.2, -0.15) is 0 Å². The molecule has 3 aromatic carbocycles. The first-order chi connectivity index (χ1) is 13.4. The molecule has 7 heteroatoms. The highest BCUT2D eigenvalue weighted by Gasteiger charge is 2.18. The van der Waals surface area contributed by atoms with Gasteiger partial charge in [-0.25, -0.2) is 0 Å². The fraction of sp³-hybridized carbons (Fsp3) is 0.0952. The van der Waals surface area contributed by atoms with Crippen molar-refractivity contribution < 1.29 is 9.72 Å². The third-order valence-corrected chi connectivity index (χ3v) is 4.73. The number of non-ortho nitro benzene ring substituents is 1. The van der Waals surface area contributed by atoms with Crippen LogP contribution in [-0.2, 0) is 0 Å². The van der Waals surface area contributed by atoms with Gasteiger partial charge >= 0.3 is 0 Å². The molecule has 1 unspecified atom stereocenters. The fourth-order valence-corrected chi connectivity index (χ4v) is 3.05. The number of nitrogens with zero attached hydrogens (tertiary/aromatic N) is 1. The molecule has 0 saturated carbocycles. The second kappa shape index (κ2) is 8.87. The number of hydrogen-bond donors (Lipinski definition) is 1. The molecule has 0 radical (unpaired) electrons. The lowest BCUT2D eigenvalue weighted by Gasteiger charge is -2.20. The number of rotatable bonds is 7. The molecular formula is C21H16Cl2N2O3. The van der Waals surface area contributed by atoms with Gasteiger partial charge in [0.2, 0.25) is 0 Å². The smallest absolute Gasteiger partial charge is 0.271 e. The highest BCUT2D eigenvalue weighted by atomic mass is 35.5. The fourth-order valence-electron chi connectivity index (χ4n) is 2.80. The molecule has 0 bridgehead atoms. The molecule has 0 heterocycles. The highest BCUT2D eigenvalue weighted by molar-refractivity contribution is 6.30. The Hall–Kier alpha value is -2.89. The minimum Gasteiger partial charge on any atom is -0.378 e. The molecule has 1 N–H and O–H groups in total. The van der Waals surface area contributed by atoms with Crippen molar-refractivity contribution in [2.24, 2.45) is 0 Å². The maximum atomic E-state index is 12.8. The normalized spacial score (nSPS) is 11.6. The van der Waals surface area contributed by atoms with Gasteiger partial charge in [-0.05, 0) is 48.0 Å². The second-order valence-electron chi connectivity index (χ2n) is 6.19. The molecule has 0 aliphatic heterocycles. The number of carbonyl (C=O) groups is 1. The van der Waals surface area contributed by atoms with Crippen molar-refractivity contribution in [1.29, 1.82) is 0 Å². The van der Waals surface area contributed by atoms with Gasteiger partial charge in [0.15, 0.2) is 5.78 Å². The van der Waals surface area contributed by atoms with Gasteiger partial charge in [0.25, 0.3) is 5.69 Å². The summed E-state index contributed by atoms with van der Waals surface area (Å²) in [6.45, 7) is 0. The van der Waals surface area contributed by atoms with Gasteiger partial charge in [0, 0.05) is 39.8 Å². The molecule has 0 amide bonds. The number of anilines is 1. The van der Waals surface area contributed by atoms with Crippen LogP contribution in [0.3, 0.4) is 0 Å². The lowest BCUT2D eigenvalue weighted by atomic mass is 9.97. The van der Waals surface area contributed by atoms with Crippen LogP contribution in [0.2, 0.25) is 10.0 Å². The Morgan fingerprint density at radius 2 is 1.57 bits per heavy atom. The predicted octanol–water partition coefficient (Wildman–Crippen LogP) is 6.33. The van der Waals surface area contributed by atoms with E-state index in [4.69, 9.17) is 23.2 Å². The van der Waals surface area contributed by atoms with E-state index in [-0.39, 0.29) is 23.9 Å². The van der Waals surface area contributed by atoms with Crippen molar-refractivity contribution in [3.63, 3.8) is 0 Å². The number of nitro groups is 1. The summed E-state index contributed by atoms with van der Waals surface area (Å²) in [5.41, 5.74) is 1.92. The molecule has 28 heavy (non-hydrogen) atoms. The van der Waals surface area contributed by atoms with E-state index in [1.807, 2.05) is 12.1 Å². The van der Waals surface area contributed by atoms with Crippen molar-refractivity contribution in [3.8, 4) is 0 Å². The monoisotopic (exact) mass is 414 g/mol. The van der Waals surface area contributed by atoms with Crippen LogP contribution >= 0.6 is 23.2 Å². The standard InChI is InChI=1S/C21H16Cl2N2O3/c22-16-8-4-14(5-9-16)20(13-21(26)15-6-10-17(23)11-7-15)24-18-2-1-3-19(12-18)25(27)28/h1-12,20,24H,13H2. The van der Waals surface area contributed by atoms with Crippen LogP contribution in [0.25, 0.3) is 0 Å². The molecule has 142 valence electrons. The number of nitrogens with one attached hydrogen (secondary N) is 1. The SMILES string of the molecule is O=C(CC(Nc1cccc([N+](=O)[O-])c1)c1ccc(Cl)cc1)c1ccc(Cl)cc1. The third kappa shape index (κ3) is 5.09. The van der Waals surface area contributed by atoms with Crippen LogP contribution in [-0.4, -0.2) is 10.7 Å². The third-order valence-electron chi connectivity index (χ3n) is 4.23. The molecular weight excluding hydrogens is 399 g/mol. The Balaban J connectivity index is 1.87. The summed E-state index contributed by atoms with van der Waals surface area (Å²) in [4.78, 5) is 23.3. The van der Waals surface area contributed by atoms with E-state index < -0.39 is 4.92 Å².